The molecule has 2 aliphatic heterocycles. The van der Waals surface area contributed by atoms with Gasteiger partial charge in [-0.25, -0.2) is 0 Å². The summed E-state index contributed by atoms with van der Waals surface area (Å²) >= 11 is 0. The molecule has 0 aromatic heterocycles. The predicted molar refractivity (Wildman–Crippen MR) is 109 cm³/mol. The number of methoxy groups -OCH3 is 1. The van der Waals surface area contributed by atoms with Gasteiger partial charge < -0.3 is 14.4 Å². The number of hydrogen-bond donors (Lipinski definition) is 0. The average Bonchev–Trinajstić information content (AvgIpc) is 3.57. The fourth-order valence-electron chi connectivity index (χ4n) is 4.90. The number of piperidine rings is 1. The molecule has 4 rings (SSSR count). The van der Waals surface area contributed by atoms with Crippen molar-refractivity contribution in [2.75, 3.05) is 33.4 Å². The minimum Gasteiger partial charge on any atom is -0.384 e. The highest BCUT2D eigenvalue weighted by Crippen LogP contribution is 2.40. The Morgan fingerprint density at radius 1 is 1.18 bits per heavy atom. The van der Waals surface area contributed by atoms with Gasteiger partial charge in [0.1, 0.15) is 0 Å². The van der Waals surface area contributed by atoms with Crippen molar-refractivity contribution in [3.63, 3.8) is 0 Å². The maximum absolute atomic E-state index is 12.3. The van der Waals surface area contributed by atoms with Crippen LogP contribution in [0.4, 0.5) is 0 Å². The first-order valence-corrected chi connectivity index (χ1v) is 10.9. The van der Waals surface area contributed by atoms with E-state index in [-0.39, 0.29) is 11.5 Å². The highest BCUT2D eigenvalue weighted by molar-refractivity contribution is 5.76. The van der Waals surface area contributed by atoms with Gasteiger partial charge in [0.05, 0.1) is 18.6 Å². The Kier molecular flexibility index (Phi) is 6.34. The van der Waals surface area contributed by atoms with Crippen molar-refractivity contribution in [1.29, 1.82) is 0 Å². The van der Waals surface area contributed by atoms with E-state index >= 15 is 0 Å². The summed E-state index contributed by atoms with van der Waals surface area (Å²) in [6.45, 7) is 4.04. The van der Waals surface area contributed by atoms with Crippen molar-refractivity contribution in [1.82, 2.24) is 9.80 Å². The quantitative estimate of drug-likeness (QED) is 0.722. The van der Waals surface area contributed by atoms with Gasteiger partial charge in [-0.1, -0.05) is 30.3 Å². The number of rotatable bonds is 7. The maximum atomic E-state index is 12.3. The van der Waals surface area contributed by atoms with Gasteiger partial charge in [-0.2, -0.15) is 0 Å². The van der Waals surface area contributed by atoms with Crippen LogP contribution in [0.3, 0.4) is 0 Å². The molecule has 2 saturated heterocycles. The predicted octanol–water partition coefficient (Wildman–Crippen LogP) is 3.23. The first-order chi connectivity index (χ1) is 13.7. The summed E-state index contributed by atoms with van der Waals surface area (Å²) in [6.07, 6.45) is 7.31. The lowest BCUT2D eigenvalue weighted by atomic mass is 9.81. The second-order valence-corrected chi connectivity index (χ2v) is 8.69. The van der Waals surface area contributed by atoms with Crippen molar-refractivity contribution in [3.8, 4) is 0 Å². The molecule has 1 atom stereocenters. The highest BCUT2D eigenvalue weighted by atomic mass is 16.5. The first kappa shape index (κ1) is 19.9. The minimum atomic E-state index is -0.0369. The fourth-order valence-corrected chi connectivity index (χ4v) is 4.90. The molecule has 1 aromatic carbocycles. The molecule has 3 fully saturated rings. The summed E-state index contributed by atoms with van der Waals surface area (Å²) in [7, 11) is 1.65. The van der Waals surface area contributed by atoms with Crippen LogP contribution >= 0.6 is 0 Å². The van der Waals surface area contributed by atoms with E-state index in [0.29, 0.717) is 19.1 Å². The SMILES string of the molecule is COCCC(=O)N1CCC2(CC1)CC(N(Cc1ccccc1)C1CC1)CCO2. The van der Waals surface area contributed by atoms with Gasteiger partial charge in [0.2, 0.25) is 5.91 Å². The van der Waals surface area contributed by atoms with E-state index in [4.69, 9.17) is 9.47 Å². The van der Waals surface area contributed by atoms with Gasteiger partial charge in [0.25, 0.3) is 0 Å². The Morgan fingerprint density at radius 2 is 1.93 bits per heavy atom. The molecule has 1 aromatic rings. The molecule has 5 nitrogen and oxygen atoms in total. The molecule has 0 radical (unpaired) electrons. The second kappa shape index (κ2) is 8.93. The van der Waals surface area contributed by atoms with Gasteiger partial charge in [-0.05, 0) is 44.1 Å². The van der Waals surface area contributed by atoms with Crippen LogP contribution in [0.25, 0.3) is 0 Å². The van der Waals surface area contributed by atoms with E-state index in [9.17, 15) is 4.79 Å². The maximum Gasteiger partial charge on any atom is 0.224 e. The smallest absolute Gasteiger partial charge is 0.224 e. The van der Waals surface area contributed by atoms with Crippen molar-refractivity contribution < 1.29 is 14.3 Å². The molecule has 5 heteroatoms. The molecule has 0 N–H and O–H groups in total. The van der Waals surface area contributed by atoms with E-state index in [2.05, 4.69) is 35.2 Å². The Balaban J connectivity index is 1.36. The fraction of sp³-hybridized carbons (Fsp3) is 0.696. The highest BCUT2D eigenvalue weighted by Gasteiger charge is 2.44. The van der Waals surface area contributed by atoms with Crippen LogP contribution < -0.4 is 0 Å². The molecule has 2 heterocycles. The number of carbonyl (C=O) groups is 1. The minimum absolute atomic E-state index is 0.0369. The Labute approximate surface area is 169 Å². The molecule has 1 unspecified atom stereocenters. The number of hydrogen-bond acceptors (Lipinski definition) is 4. The van der Waals surface area contributed by atoms with Gasteiger partial charge in [-0.3, -0.25) is 9.69 Å². The Bertz CT molecular complexity index is 639. The summed E-state index contributed by atoms with van der Waals surface area (Å²) < 4.78 is 11.4. The lowest BCUT2D eigenvalue weighted by Gasteiger charge is -2.48. The molecule has 28 heavy (non-hydrogen) atoms. The van der Waals surface area contributed by atoms with Crippen LogP contribution in [-0.2, 0) is 20.8 Å². The number of benzene rings is 1. The zero-order chi connectivity index (χ0) is 19.4. The van der Waals surface area contributed by atoms with Crippen LogP contribution in [-0.4, -0.2) is 66.8 Å². The van der Waals surface area contributed by atoms with E-state index in [1.165, 1.54) is 18.4 Å². The molecule has 154 valence electrons. The molecular formula is C23H34N2O3. The van der Waals surface area contributed by atoms with Gasteiger partial charge in [0.15, 0.2) is 0 Å². The van der Waals surface area contributed by atoms with Crippen LogP contribution in [0.5, 0.6) is 0 Å². The van der Waals surface area contributed by atoms with Gasteiger partial charge in [0, 0.05) is 45.4 Å². The van der Waals surface area contributed by atoms with Crippen molar-refractivity contribution in [2.24, 2.45) is 0 Å². The summed E-state index contributed by atoms with van der Waals surface area (Å²) in [5, 5.41) is 0. The largest absolute Gasteiger partial charge is 0.384 e. The normalized spacial score (nSPS) is 24.6. The lowest BCUT2D eigenvalue weighted by molar-refractivity contribution is -0.150. The Hall–Kier alpha value is -1.43. The molecule has 1 amide bonds. The summed E-state index contributed by atoms with van der Waals surface area (Å²) in [4.78, 5) is 17.0. The van der Waals surface area contributed by atoms with E-state index < -0.39 is 0 Å². The summed E-state index contributed by atoms with van der Waals surface area (Å²) in [5.41, 5.74) is 1.37. The monoisotopic (exact) mass is 386 g/mol. The van der Waals surface area contributed by atoms with Gasteiger partial charge >= 0.3 is 0 Å². The van der Waals surface area contributed by atoms with E-state index in [1.54, 1.807) is 7.11 Å². The zero-order valence-electron chi connectivity index (χ0n) is 17.1. The third-order valence-electron chi connectivity index (χ3n) is 6.71. The van der Waals surface area contributed by atoms with Crippen molar-refractivity contribution in [3.05, 3.63) is 35.9 Å². The molecular weight excluding hydrogens is 352 g/mol. The third kappa shape index (κ3) is 4.76. The third-order valence-corrected chi connectivity index (χ3v) is 6.71. The van der Waals surface area contributed by atoms with Crippen molar-refractivity contribution >= 4 is 5.91 Å². The van der Waals surface area contributed by atoms with Crippen LogP contribution in [0.2, 0.25) is 0 Å². The number of nitrogens with zero attached hydrogens (tertiary/aromatic N) is 2. The topological polar surface area (TPSA) is 42.0 Å². The number of amides is 1. The molecule has 1 spiro atoms. The molecule has 3 aliphatic rings. The number of likely N-dealkylation sites (tertiary alicyclic amines) is 1. The molecule has 1 saturated carbocycles. The summed E-state index contributed by atoms with van der Waals surface area (Å²) in [5.74, 6) is 0.216. The second-order valence-electron chi connectivity index (χ2n) is 8.69. The van der Waals surface area contributed by atoms with Crippen molar-refractivity contribution in [2.45, 2.75) is 69.2 Å². The number of ether oxygens (including phenoxy) is 2. The standard InChI is InChI=1S/C23H34N2O3/c1-27-15-10-22(26)24-13-11-23(12-14-24)17-21(9-16-28-23)25(20-7-8-20)18-19-5-3-2-4-6-19/h2-6,20-21H,7-18H2,1H3. The number of carbonyl (C=O) groups excluding carboxylic acids is 1. The molecule has 1 aliphatic carbocycles. The van der Waals surface area contributed by atoms with E-state index in [1.807, 2.05) is 4.90 Å². The van der Waals surface area contributed by atoms with Crippen LogP contribution in [0, 0.1) is 0 Å². The summed E-state index contributed by atoms with van der Waals surface area (Å²) in [6, 6.07) is 12.2. The van der Waals surface area contributed by atoms with Crippen LogP contribution in [0.15, 0.2) is 30.3 Å². The lowest BCUT2D eigenvalue weighted by Crippen LogP contribution is -2.54. The first-order valence-electron chi connectivity index (χ1n) is 10.9. The average molecular weight is 387 g/mol. The van der Waals surface area contributed by atoms with E-state index in [0.717, 1.165) is 58.0 Å². The molecule has 0 bridgehead atoms. The zero-order valence-corrected chi connectivity index (χ0v) is 17.1. The van der Waals surface area contributed by atoms with Gasteiger partial charge in [-0.15, -0.1) is 0 Å². The Morgan fingerprint density at radius 3 is 2.61 bits per heavy atom. The van der Waals surface area contributed by atoms with Crippen LogP contribution in [0.1, 0.15) is 50.5 Å².